The fourth-order valence-electron chi connectivity index (χ4n) is 1.84. The standard InChI is InChI=1S/C14H13BrF3N3/c1-8(9-3-2-4-10(15)5-9)21-12-6-13(14(16,17)18)20-7-11(12)19/h2-8H,19H2,1H3,(H,20,21). The van der Waals surface area contributed by atoms with Gasteiger partial charge < -0.3 is 11.1 Å². The third kappa shape index (κ3) is 3.87. The molecular formula is C14H13BrF3N3. The van der Waals surface area contributed by atoms with Crippen LogP contribution in [0.4, 0.5) is 24.5 Å². The minimum absolute atomic E-state index is 0.171. The van der Waals surface area contributed by atoms with Crippen LogP contribution in [0.2, 0.25) is 0 Å². The molecule has 3 nitrogen and oxygen atoms in total. The number of rotatable bonds is 3. The lowest BCUT2D eigenvalue weighted by atomic mass is 10.1. The van der Waals surface area contributed by atoms with Crippen molar-refractivity contribution in [1.29, 1.82) is 0 Å². The monoisotopic (exact) mass is 359 g/mol. The van der Waals surface area contributed by atoms with Crippen molar-refractivity contribution >= 4 is 27.3 Å². The Kier molecular flexibility index (Phi) is 4.41. The van der Waals surface area contributed by atoms with E-state index in [4.69, 9.17) is 5.73 Å². The van der Waals surface area contributed by atoms with Crippen LogP contribution in [-0.2, 0) is 6.18 Å². The molecule has 1 atom stereocenters. The smallest absolute Gasteiger partial charge is 0.396 e. The summed E-state index contributed by atoms with van der Waals surface area (Å²) in [6.07, 6.45) is -3.48. The van der Waals surface area contributed by atoms with E-state index in [0.29, 0.717) is 0 Å². The molecule has 0 amide bonds. The van der Waals surface area contributed by atoms with Crippen molar-refractivity contribution in [3.05, 3.63) is 52.3 Å². The zero-order valence-corrected chi connectivity index (χ0v) is 12.7. The van der Waals surface area contributed by atoms with Gasteiger partial charge in [0.15, 0.2) is 0 Å². The summed E-state index contributed by atoms with van der Waals surface area (Å²) in [7, 11) is 0. The summed E-state index contributed by atoms with van der Waals surface area (Å²) >= 11 is 3.36. The van der Waals surface area contributed by atoms with Gasteiger partial charge in [0.25, 0.3) is 0 Å². The number of hydrogen-bond acceptors (Lipinski definition) is 3. The normalized spacial score (nSPS) is 13.0. The van der Waals surface area contributed by atoms with E-state index < -0.39 is 11.9 Å². The van der Waals surface area contributed by atoms with Crippen molar-refractivity contribution < 1.29 is 13.2 Å². The number of nitrogen functional groups attached to an aromatic ring is 1. The summed E-state index contributed by atoms with van der Waals surface area (Å²) in [5.41, 5.74) is 6.02. The van der Waals surface area contributed by atoms with Gasteiger partial charge in [-0.3, -0.25) is 0 Å². The van der Waals surface area contributed by atoms with Crippen LogP contribution in [0.1, 0.15) is 24.2 Å². The molecule has 2 rings (SSSR count). The van der Waals surface area contributed by atoms with Crippen LogP contribution >= 0.6 is 15.9 Å². The lowest BCUT2D eigenvalue weighted by molar-refractivity contribution is -0.141. The quantitative estimate of drug-likeness (QED) is 0.840. The van der Waals surface area contributed by atoms with Crippen LogP contribution in [0.15, 0.2) is 41.0 Å². The van der Waals surface area contributed by atoms with Crippen LogP contribution in [0.3, 0.4) is 0 Å². The average Bonchev–Trinajstić information content (AvgIpc) is 2.40. The fourth-order valence-corrected chi connectivity index (χ4v) is 2.26. The molecule has 7 heteroatoms. The number of nitrogens with zero attached hydrogens (tertiary/aromatic N) is 1. The maximum atomic E-state index is 12.7. The van der Waals surface area contributed by atoms with Gasteiger partial charge in [-0.25, -0.2) is 4.98 Å². The van der Waals surface area contributed by atoms with Gasteiger partial charge in [0, 0.05) is 10.5 Å². The number of aromatic nitrogens is 1. The van der Waals surface area contributed by atoms with Gasteiger partial charge in [0.2, 0.25) is 0 Å². The summed E-state index contributed by atoms with van der Waals surface area (Å²) in [4.78, 5) is 3.31. The topological polar surface area (TPSA) is 50.9 Å². The molecule has 3 N–H and O–H groups in total. The molecule has 0 saturated heterocycles. The first-order valence-electron chi connectivity index (χ1n) is 6.12. The third-order valence-corrected chi connectivity index (χ3v) is 3.44. The van der Waals surface area contributed by atoms with Crippen molar-refractivity contribution in [2.45, 2.75) is 19.1 Å². The Morgan fingerprint density at radius 3 is 2.62 bits per heavy atom. The van der Waals surface area contributed by atoms with Crippen LogP contribution < -0.4 is 11.1 Å². The van der Waals surface area contributed by atoms with E-state index >= 15 is 0 Å². The Morgan fingerprint density at radius 1 is 1.29 bits per heavy atom. The highest BCUT2D eigenvalue weighted by Crippen LogP contribution is 2.32. The second kappa shape index (κ2) is 5.93. The summed E-state index contributed by atoms with van der Waals surface area (Å²) in [5.74, 6) is 0. The summed E-state index contributed by atoms with van der Waals surface area (Å²) in [6.45, 7) is 1.84. The molecule has 0 aliphatic carbocycles. The van der Waals surface area contributed by atoms with E-state index in [-0.39, 0.29) is 17.4 Å². The molecule has 1 aromatic carbocycles. The molecule has 0 bridgehead atoms. The van der Waals surface area contributed by atoms with Gasteiger partial charge in [-0.1, -0.05) is 28.1 Å². The third-order valence-electron chi connectivity index (χ3n) is 2.95. The molecule has 0 saturated carbocycles. The highest BCUT2D eigenvalue weighted by molar-refractivity contribution is 9.10. The lowest BCUT2D eigenvalue weighted by Gasteiger charge is -2.18. The number of anilines is 2. The van der Waals surface area contributed by atoms with Crippen LogP contribution in [0.5, 0.6) is 0 Å². The Labute approximate surface area is 128 Å². The molecular weight excluding hydrogens is 347 g/mol. The Hall–Kier alpha value is -1.76. The summed E-state index contributed by atoms with van der Waals surface area (Å²) in [5, 5.41) is 2.98. The second-order valence-corrected chi connectivity index (χ2v) is 5.49. The Bertz CT molecular complexity index is 644. The van der Waals surface area contributed by atoms with Crippen LogP contribution in [0, 0.1) is 0 Å². The summed E-state index contributed by atoms with van der Waals surface area (Å²) < 4.78 is 38.9. The molecule has 0 aliphatic heterocycles. The van der Waals surface area contributed by atoms with E-state index in [1.807, 2.05) is 31.2 Å². The maximum absolute atomic E-state index is 12.7. The largest absolute Gasteiger partial charge is 0.433 e. The highest BCUT2D eigenvalue weighted by atomic mass is 79.9. The number of nitrogens with one attached hydrogen (secondary N) is 1. The molecule has 2 aromatic rings. The summed E-state index contributed by atoms with van der Waals surface area (Å²) in [6, 6.07) is 8.22. The highest BCUT2D eigenvalue weighted by Gasteiger charge is 2.33. The number of benzene rings is 1. The SMILES string of the molecule is CC(Nc1cc(C(F)(F)F)ncc1N)c1cccc(Br)c1. The molecule has 112 valence electrons. The minimum Gasteiger partial charge on any atom is -0.396 e. The second-order valence-electron chi connectivity index (χ2n) is 4.58. The van der Waals surface area contributed by atoms with Crippen molar-refractivity contribution in [2.24, 2.45) is 0 Å². The van der Waals surface area contributed by atoms with Crippen molar-refractivity contribution in [2.75, 3.05) is 11.1 Å². The van der Waals surface area contributed by atoms with Gasteiger partial charge in [-0.2, -0.15) is 13.2 Å². The molecule has 0 radical (unpaired) electrons. The molecule has 0 spiro atoms. The van der Waals surface area contributed by atoms with Crippen molar-refractivity contribution in [3.8, 4) is 0 Å². The van der Waals surface area contributed by atoms with E-state index in [1.54, 1.807) is 0 Å². The van der Waals surface area contributed by atoms with E-state index in [2.05, 4.69) is 26.2 Å². The molecule has 1 unspecified atom stereocenters. The van der Waals surface area contributed by atoms with Gasteiger partial charge in [0.1, 0.15) is 5.69 Å². The predicted octanol–water partition coefficient (Wildman–Crippen LogP) is 4.62. The van der Waals surface area contributed by atoms with Crippen LogP contribution in [0.25, 0.3) is 0 Å². The van der Waals surface area contributed by atoms with Gasteiger partial charge in [0.05, 0.1) is 17.6 Å². The molecule has 21 heavy (non-hydrogen) atoms. The van der Waals surface area contributed by atoms with Crippen LogP contribution in [-0.4, -0.2) is 4.98 Å². The first kappa shape index (κ1) is 15.6. The predicted molar refractivity (Wildman–Crippen MR) is 79.8 cm³/mol. The van der Waals surface area contributed by atoms with Crippen molar-refractivity contribution in [3.63, 3.8) is 0 Å². The van der Waals surface area contributed by atoms with E-state index in [1.165, 1.54) is 0 Å². The molecule has 1 aromatic heterocycles. The maximum Gasteiger partial charge on any atom is 0.433 e. The first-order valence-corrected chi connectivity index (χ1v) is 6.91. The zero-order chi connectivity index (χ0) is 15.6. The average molecular weight is 360 g/mol. The van der Waals surface area contributed by atoms with E-state index in [0.717, 1.165) is 22.3 Å². The Balaban J connectivity index is 2.26. The lowest BCUT2D eigenvalue weighted by Crippen LogP contribution is -2.13. The van der Waals surface area contributed by atoms with Crippen molar-refractivity contribution in [1.82, 2.24) is 4.98 Å². The number of halogens is 4. The minimum atomic E-state index is -4.50. The molecule has 0 aliphatic rings. The van der Waals surface area contributed by atoms with Gasteiger partial charge >= 0.3 is 6.18 Å². The molecule has 0 fully saturated rings. The zero-order valence-electron chi connectivity index (χ0n) is 11.1. The van der Waals surface area contributed by atoms with Gasteiger partial charge in [-0.05, 0) is 30.7 Å². The number of pyridine rings is 1. The number of nitrogens with two attached hydrogens (primary N) is 1. The number of alkyl halides is 3. The fraction of sp³-hybridized carbons (Fsp3) is 0.214. The Morgan fingerprint density at radius 2 is 2.00 bits per heavy atom. The van der Waals surface area contributed by atoms with E-state index in [9.17, 15) is 13.2 Å². The number of hydrogen-bond donors (Lipinski definition) is 2. The molecule has 1 heterocycles. The van der Waals surface area contributed by atoms with Gasteiger partial charge in [-0.15, -0.1) is 0 Å². The first-order chi connectivity index (χ1) is 9.77.